The number of rotatable bonds is 3. The SMILES string of the molecule is CCC[O-].CCC[O-].CCC[O-].Cc1cccc2[cH-]ccc12.[Ti+4]. The van der Waals surface area contributed by atoms with Crippen LogP contribution in [0.3, 0.4) is 0 Å². The molecule has 0 amide bonds. The Kier molecular flexibility index (Phi) is 25.4. The number of fused-ring (bicyclic) bond motifs is 1. The second kappa shape index (κ2) is 21.4. The van der Waals surface area contributed by atoms with Crippen LogP contribution in [0.4, 0.5) is 0 Å². The summed E-state index contributed by atoms with van der Waals surface area (Å²) in [7, 11) is 0. The zero-order chi connectivity index (χ0) is 17.2. The van der Waals surface area contributed by atoms with Crippen LogP contribution in [-0.2, 0) is 21.7 Å². The number of aryl methyl sites for hydroxylation is 1. The van der Waals surface area contributed by atoms with Crippen molar-refractivity contribution in [2.75, 3.05) is 19.8 Å². The predicted molar refractivity (Wildman–Crippen MR) is 89.8 cm³/mol. The van der Waals surface area contributed by atoms with Crippen molar-refractivity contribution >= 4 is 10.8 Å². The summed E-state index contributed by atoms with van der Waals surface area (Å²) in [5, 5.41) is 30.6. The van der Waals surface area contributed by atoms with Gasteiger partial charge < -0.3 is 15.3 Å². The summed E-state index contributed by atoms with van der Waals surface area (Å²) in [4.78, 5) is 0. The third kappa shape index (κ3) is 16.1. The second-order valence-corrected chi connectivity index (χ2v) is 4.72. The van der Waals surface area contributed by atoms with Crippen LogP contribution < -0.4 is 15.3 Å². The Labute approximate surface area is 156 Å². The number of hydrogen-bond donors (Lipinski definition) is 0. The van der Waals surface area contributed by atoms with Gasteiger partial charge in [-0.05, 0) is 6.92 Å². The zero-order valence-corrected chi connectivity index (χ0v) is 16.5. The molecule has 0 aromatic heterocycles. The summed E-state index contributed by atoms with van der Waals surface area (Å²) >= 11 is 0. The monoisotopic (exact) mass is 354 g/mol. The molecule has 0 saturated heterocycles. The molecule has 2 rings (SSSR count). The molecule has 0 heterocycles. The molecule has 0 N–H and O–H groups in total. The fourth-order valence-electron chi connectivity index (χ4n) is 1.32. The Morgan fingerprint density at radius 3 is 1.61 bits per heavy atom. The largest absolute Gasteiger partial charge is 4.00 e. The molecule has 0 atom stereocenters. The van der Waals surface area contributed by atoms with E-state index in [4.69, 9.17) is 0 Å². The molecule has 3 nitrogen and oxygen atoms in total. The molecular formula is C19H30O3Ti. The van der Waals surface area contributed by atoms with Crippen LogP contribution in [0.2, 0.25) is 0 Å². The van der Waals surface area contributed by atoms with E-state index in [1.165, 1.54) is 16.3 Å². The summed E-state index contributed by atoms with van der Waals surface area (Å²) in [6.07, 6.45) is 2.29. The molecular weight excluding hydrogens is 324 g/mol. The maximum Gasteiger partial charge on any atom is 4.00 e. The van der Waals surface area contributed by atoms with E-state index >= 15 is 0 Å². The first kappa shape index (κ1) is 27.3. The molecule has 2 aromatic rings. The van der Waals surface area contributed by atoms with E-state index in [-0.39, 0.29) is 41.5 Å². The van der Waals surface area contributed by atoms with Crippen LogP contribution in [0.1, 0.15) is 45.6 Å². The number of hydrogen-bond acceptors (Lipinski definition) is 3. The van der Waals surface area contributed by atoms with Gasteiger partial charge in [-0.15, -0.1) is 48.8 Å². The van der Waals surface area contributed by atoms with E-state index in [1.807, 2.05) is 20.8 Å². The molecule has 2 aromatic carbocycles. The van der Waals surface area contributed by atoms with Gasteiger partial charge in [-0.25, -0.2) is 0 Å². The van der Waals surface area contributed by atoms with Crippen molar-refractivity contribution in [3.63, 3.8) is 0 Å². The number of benzene rings is 1. The van der Waals surface area contributed by atoms with Crippen LogP contribution in [-0.4, -0.2) is 19.8 Å². The maximum absolute atomic E-state index is 9.30. The van der Waals surface area contributed by atoms with E-state index in [0.29, 0.717) is 0 Å². The molecule has 23 heavy (non-hydrogen) atoms. The molecule has 0 fully saturated rings. The molecule has 0 bridgehead atoms. The van der Waals surface area contributed by atoms with E-state index in [1.54, 1.807) is 0 Å². The van der Waals surface area contributed by atoms with E-state index in [2.05, 4.69) is 43.3 Å². The Bertz CT molecular complexity index is 425. The van der Waals surface area contributed by atoms with E-state index in [9.17, 15) is 15.3 Å². The van der Waals surface area contributed by atoms with Gasteiger partial charge in [0.25, 0.3) is 0 Å². The quantitative estimate of drug-likeness (QED) is 0.626. The van der Waals surface area contributed by atoms with Gasteiger partial charge in [0.2, 0.25) is 0 Å². The smallest absolute Gasteiger partial charge is 0.854 e. The van der Waals surface area contributed by atoms with E-state index in [0.717, 1.165) is 19.3 Å². The van der Waals surface area contributed by atoms with Crippen molar-refractivity contribution in [2.24, 2.45) is 0 Å². The Hall–Kier alpha value is -0.576. The standard InChI is InChI=1S/C10H9.3C3H7O.Ti/c1-8-4-2-5-9-6-3-7-10(8)9;3*1-2-3-4;/h2-7H,1H3;3*2-3H2,1H3;/q4*-1;+4. The summed E-state index contributed by atoms with van der Waals surface area (Å²) in [6, 6.07) is 12.8. The van der Waals surface area contributed by atoms with Gasteiger partial charge in [0, 0.05) is 0 Å². The molecule has 0 aliphatic heterocycles. The molecule has 0 radical (unpaired) electrons. The van der Waals surface area contributed by atoms with Crippen molar-refractivity contribution in [1.29, 1.82) is 0 Å². The van der Waals surface area contributed by atoms with E-state index < -0.39 is 0 Å². The van der Waals surface area contributed by atoms with Crippen LogP contribution in [0.25, 0.3) is 10.8 Å². The van der Waals surface area contributed by atoms with Gasteiger partial charge >= 0.3 is 21.7 Å². The average Bonchev–Trinajstić information content (AvgIpc) is 3.05. The van der Waals surface area contributed by atoms with Crippen LogP contribution in [0.15, 0.2) is 36.4 Å². The summed E-state index contributed by atoms with van der Waals surface area (Å²) in [5.41, 5.74) is 1.36. The van der Waals surface area contributed by atoms with Crippen molar-refractivity contribution in [3.05, 3.63) is 42.0 Å². The first-order valence-corrected chi connectivity index (χ1v) is 7.98. The molecule has 0 saturated carbocycles. The zero-order valence-electron chi connectivity index (χ0n) is 14.9. The van der Waals surface area contributed by atoms with Gasteiger partial charge in [0.05, 0.1) is 0 Å². The van der Waals surface area contributed by atoms with Crippen molar-refractivity contribution < 1.29 is 37.0 Å². The Morgan fingerprint density at radius 2 is 1.26 bits per heavy atom. The Morgan fingerprint density at radius 1 is 0.826 bits per heavy atom. The van der Waals surface area contributed by atoms with Crippen LogP contribution in [0, 0.1) is 6.92 Å². The summed E-state index contributed by atoms with van der Waals surface area (Å²) in [5.74, 6) is 0. The van der Waals surface area contributed by atoms with Gasteiger partial charge in [0.1, 0.15) is 0 Å². The van der Waals surface area contributed by atoms with Gasteiger partial charge in [-0.3, -0.25) is 0 Å². The second-order valence-electron chi connectivity index (χ2n) is 4.72. The molecule has 0 spiro atoms. The third-order valence-electron chi connectivity index (χ3n) is 2.51. The first-order valence-electron chi connectivity index (χ1n) is 7.98. The molecule has 0 aliphatic carbocycles. The fourth-order valence-corrected chi connectivity index (χ4v) is 1.32. The minimum Gasteiger partial charge on any atom is -0.854 e. The van der Waals surface area contributed by atoms with Crippen LogP contribution in [0.5, 0.6) is 0 Å². The third-order valence-corrected chi connectivity index (χ3v) is 2.51. The van der Waals surface area contributed by atoms with Gasteiger partial charge in [0.15, 0.2) is 0 Å². The van der Waals surface area contributed by atoms with Crippen molar-refractivity contribution in [1.82, 2.24) is 0 Å². The Balaban J connectivity index is -0.000000264. The molecule has 128 valence electrons. The minimum atomic E-state index is 0. The van der Waals surface area contributed by atoms with Gasteiger partial charge in [-0.2, -0.15) is 12.1 Å². The normalized spacial score (nSPS) is 8.48. The van der Waals surface area contributed by atoms with Crippen molar-refractivity contribution in [3.8, 4) is 0 Å². The summed E-state index contributed by atoms with van der Waals surface area (Å²) in [6.45, 7) is 7.95. The summed E-state index contributed by atoms with van der Waals surface area (Å²) < 4.78 is 0. The predicted octanol–water partition coefficient (Wildman–Crippen LogP) is 2.13. The van der Waals surface area contributed by atoms with Crippen LogP contribution >= 0.6 is 0 Å². The first-order chi connectivity index (χ1) is 10.6. The molecule has 0 aliphatic rings. The van der Waals surface area contributed by atoms with Crippen molar-refractivity contribution in [2.45, 2.75) is 47.0 Å². The fraction of sp³-hybridized carbons (Fsp3) is 0.526. The average molecular weight is 354 g/mol. The van der Waals surface area contributed by atoms with Gasteiger partial charge in [-0.1, -0.05) is 51.7 Å². The topological polar surface area (TPSA) is 69.2 Å². The maximum atomic E-state index is 9.30. The minimum absolute atomic E-state index is 0. The molecule has 4 heteroatoms. The molecule has 0 unspecified atom stereocenters.